The number of nitriles is 1. The number of anilines is 1. The van der Waals surface area contributed by atoms with Gasteiger partial charge in [-0.15, -0.1) is 17.0 Å². The predicted octanol–water partition coefficient (Wildman–Crippen LogP) is 3.11. The van der Waals surface area contributed by atoms with Crippen molar-refractivity contribution < 1.29 is 19.3 Å². The lowest BCUT2D eigenvalue weighted by molar-refractivity contribution is -0.385. The Morgan fingerprint density at radius 1 is 1.07 bits per heavy atom. The van der Waals surface area contributed by atoms with Crippen molar-refractivity contribution in [3.8, 4) is 6.07 Å². The minimum atomic E-state index is -0.570. The van der Waals surface area contributed by atoms with Crippen molar-refractivity contribution in [1.29, 1.82) is 5.26 Å². The van der Waals surface area contributed by atoms with Gasteiger partial charge in [-0.1, -0.05) is 0 Å². The van der Waals surface area contributed by atoms with Crippen LogP contribution >= 0.6 is 17.0 Å². The van der Waals surface area contributed by atoms with Gasteiger partial charge in [-0.25, -0.2) is 10.2 Å². The van der Waals surface area contributed by atoms with Crippen molar-refractivity contribution in [1.82, 2.24) is 0 Å². The van der Waals surface area contributed by atoms with Crippen molar-refractivity contribution in [2.45, 2.75) is 6.92 Å². The molecule has 0 saturated heterocycles. The van der Waals surface area contributed by atoms with Gasteiger partial charge in [0.05, 0.1) is 34.8 Å². The second-order valence-electron chi connectivity index (χ2n) is 4.65. The fraction of sp³-hybridized carbons (Fsp3) is 0.188. The molecule has 0 spiro atoms. The summed E-state index contributed by atoms with van der Waals surface area (Å²) in [5.41, 5.74) is 0.553. The molecular formula is C16H19BrFN5O5. The van der Waals surface area contributed by atoms with E-state index in [2.05, 4.69) is 0 Å². The fourth-order valence-electron chi connectivity index (χ4n) is 1.57. The molecule has 12 heteroatoms. The summed E-state index contributed by atoms with van der Waals surface area (Å²) in [6, 6.07) is 11.9. The van der Waals surface area contributed by atoms with Crippen molar-refractivity contribution in [3.63, 3.8) is 0 Å². The molecule has 0 aromatic heterocycles. The highest BCUT2D eigenvalue weighted by atomic mass is 79.9. The van der Waals surface area contributed by atoms with Crippen LogP contribution in [0.1, 0.15) is 6.92 Å². The van der Waals surface area contributed by atoms with Gasteiger partial charge in [-0.05, 0) is 24.3 Å². The number of nitro benzene ring substituents is 2. The molecule has 152 valence electrons. The van der Waals surface area contributed by atoms with Crippen LogP contribution in [0.4, 0.5) is 21.5 Å². The smallest absolute Gasteiger partial charge is 0.269 e. The van der Waals surface area contributed by atoms with Crippen molar-refractivity contribution >= 4 is 34.0 Å². The first-order valence-corrected chi connectivity index (χ1v) is 7.35. The van der Waals surface area contributed by atoms with Crippen LogP contribution in [-0.4, -0.2) is 28.1 Å². The molecule has 3 N–H and O–H groups in total. The van der Waals surface area contributed by atoms with Crippen molar-refractivity contribution in [3.05, 3.63) is 74.6 Å². The number of halogens is 2. The molecule has 0 aliphatic heterocycles. The van der Waals surface area contributed by atoms with Gasteiger partial charge < -0.3 is 10.1 Å². The van der Waals surface area contributed by atoms with E-state index in [1.54, 1.807) is 6.07 Å². The third-order valence-corrected chi connectivity index (χ3v) is 2.77. The zero-order chi connectivity index (χ0) is 20.8. The summed E-state index contributed by atoms with van der Waals surface area (Å²) >= 11 is 0. The first kappa shape index (κ1) is 27.1. The van der Waals surface area contributed by atoms with Gasteiger partial charge in [-0.3, -0.25) is 20.2 Å². The van der Waals surface area contributed by atoms with Crippen LogP contribution in [0.2, 0.25) is 0 Å². The summed E-state index contributed by atoms with van der Waals surface area (Å²) in [6.07, 6.45) is 0. The number of benzene rings is 2. The molecule has 0 amide bonds. The number of nitrogens with two attached hydrogens (primary N) is 1. The van der Waals surface area contributed by atoms with Gasteiger partial charge in [0.2, 0.25) is 0 Å². The van der Waals surface area contributed by atoms with E-state index >= 15 is 0 Å². The Labute approximate surface area is 170 Å². The highest BCUT2D eigenvalue weighted by Crippen LogP contribution is 2.16. The first-order valence-electron chi connectivity index (χ1n) is 7.35. The van der Waals surface area contributed by atoms with Gasteiger partial charge >= 0.3 is 0 Å². The Morgan fingerprint density at radius 3 is 1.75 bits per heavy atom. The second-order valence-corrected chi connectivity index (χ2v) is 4.65. The van der Waals surface area contributed by atoms with Gasteiger partial charge in [0, 0.05) is 31.2 Å². The van der Waals surface area contributed by atoms with Crippen LogP contribution in [0, 0.1) is 37.4 Å². The number of nitrogens with zero attached hydrogens (tertiary/aromatic N) is 4. The minimum absolute atomic E-state index is 0. The molecule has 0 unspecified atom stereocenters. The molecule has 0 heterocycles. The lowest BCUT2D eigenvalue weighted by atomic mass is 10.3. The Bertz CT molecular complexity index is 768. The van der Waals surface area contributed by atoms with E-state index in [1.165, 1.54) is 36.2 Å². The van der Waals surface area contributed by atoms with Crippen LogP contribution in [0.3, 0.4) is 0 Å². The number of nitro groups is 2. The molecular weight excluding hydrogens is 441 g/mol. The van der Waals surface area contributed by atoms with E-state index < -0.39 is 15.7 Å². The molecule has 0 saturated carbocycles. The van der Waals surface area contributed by atoms with E-state index in [1.807, 2.05) is 0 Å². The quantitative estimate of drug-likeness (QED) is 0.391. The zero-order valence-corrected chi connectivity index (χ0v) is 16.5. The summed E-state index contributed by atoms with van der Waals surface area (Å²) in [5, 5.41) is 37.6. The van der Waals surface area contributed by atoms with Gasteiger partial charge in [0.15, 0.2) is 0 Å². The average molecular weight is 460 g/mol. The molecule has 0 fully saturated rings. The van der Waals surface area contributed by atoms with E-state index in [0.717, 1.165) is 24.3 Å². The van der Waals surface area contributed by atoms with Crippen molar-refractivity contribution in [2.75, 3.05) is 18.2 Å². The Morgan fingerprint density at radius 2 is 1.43 bits per heavy atom. The van der Waals surface area contributed by atoms with Crippen molar-refractivity contribution in [2.24, 2.45) is 5.84 Å². The van der Waals surface area contributed by atoms with E-state index in [-0.39, 0.29) is 41.5 Å². The predicted molar refractivity (Wildman–Crippen MR) is 106 cm³/mol. The Balaban J connectivity index is 0. The highest BCUT2D eigenvalue weighted by Gasteiger charge is 2.06. The number of rotatable bonds is 5. The number of hydrazine groups is 1. The highest BCUT2D eigenvalue weighted by molar-refractivity contribution is 8.93. The monoisotopic (exact) mass is 459 g/mol. The van der Waals surface area contributed by atoms with E-state index in [4.69, 9.17) is 16.2 Å². The van der Waals surface area contributed by atoms with Crippen LogP contribution < -0.4 is 10.9 Å². The molecule has 0 bridgehead atoms. The maximum absolute atomic E-state index is 12.1. The summed E-state index contributed by atoms with van der Waals surface area (Å²) in [5.74, 6) is 5.07. The Kier molecular flexibility index (Phi) is 14.5. The summed E-state index contributed by atoms with van der Waals surface area (Å²) in [4.78, 5) is 19.3. The summed E-state index contributed by atoms with van der Waals surface area (Å²) in [7, 11) is 0. The summed E-state index contributed by atoms with van der Waals surface area (Å²) in [6.45, 7) is 1.66. The molecule has 0 radical (unpaired) electrons. The van der Waals surface area contributed by atoms with Crippen LogP contribution in [-0.2, 0) is 0 Å². The third kappa shape index (κ3) is 10.8. The molecule has 2 aromatic carbocycles. The third-order valence-electron chi connectivity index (χ3n) is 2.77. The van der Waals surface area contributed by atoms with Crippen LogP contribution in [0.5, 0.6) is 0 Å². The second kappa shape index (κ2) is 15.0. The lowest BCUT2D eigenvalue weighted by Crippen LogP contribution is -2.33. The zero-order valence-electron chi connectivity index (χ0n) is 14.8. The molecule has 2 rings (SSSR count). The van der Waals surface area contributed by atoms with Gasteiger partial charge in [-0.2, -0.15) is 5.26 Å². The Hall–Kier alpha value is -3.14. The normalized spacial score (nSPS) is 8.54. The van der Waals surface area contributed by atoms with Gasteiger partial charge in [0.25, 0.3) is 11.4 Å². The molecule has 0 atom stereocenters. The molecule has 2 aromatic rings. The number of hydrogen-bond acceptors (Lipinski definition) is 8. The van der Waals surface area contributed by atoms with Gasteiger partial charge in [0.1, 0.15) is 5.82 Å². The van der Waals surface area contributed by atoms with Crippen LogP contribution in [0.25, 0.3) is 0 Å². The number of hydrogen-bond donors (Lipinski definition) is 2. The number of aliphatic hydroxyl groups excluding tert-OH is 1. The van der Waals surface area contributed by atoms with E-state index in [0.29, 0.717) is 5.69 Å². The molecule has 28 heavy (non-hydrogen) atoms. The maximum atomic E-state index is 12.1. The summed E-state index contributed by atoms with van der Waals surface area (Å²) < 4.78 is 12.1. The standard InChI is InChI=1S/C8H11N3O3.C6H4FNO2.C2H3N.BrH/c9-10(5-6-12)7-1-3-8(4-2-7)11(13)14;7-5-1-3-6(4-2-5)8(9)10;1-2-3;/h1-4,12H,5-6,9H2;1-4H;1H3;1H. The lowest BCUT2D eigenvalue weighted by Gasteiger charge is -2.16. The largest absolute Gasteiger partial charge is 0.394 e. The molecule has 10 nitrogen and oxygen atoms in total. The first-order chi connectivity index (χ1) is 12.8. The fourth-order valence-corrected chi connectivity index (χ4v) is 1.57. The minimum Gasteiger partial charge on any atom is -0.394 e. The molecule has 0 aliphatic carbocycles. The van der Waals surface area contributed by atoms with E-state index in [9.17, 15) is 24.6 Å². The molecule has 0 aliphatic rings. The number of non-ortho nitro benzene ring substituents is 2. The maximum Gasteiger partial charge on any atom is 0.269 e. The SMILES string of the molecule is Br.CC#N.NN(CCO)c1ccc([N+](=O)[O-])cc1.O=[N+]([O-])c1ccc(F)cc1. The average Bonchev–Trinajstić information content (AvgIpc) is 2.63. The van der Waals surface area contributed by atoms with Crippen LogP contribution in [0.15, 0.2) is 48.5 Å². The topological polar surface area (TPSA) is 160 Å². The number of aliphatic hydroxyl groups is 1.